The fourth-order valence-electron chi connectivity index (χ4n) is 2.20. The van der Waals surface area contributed by atoms with Gasteiger partial charge in [0.15, 0.2) is 5.57 Å². The number of aliphatic hydroxyl groups is 1. The maximum absolute atomic E-state index is 12.1. The molecule has 1 atom stereocenters. The van der Waals surface area contributed by atoms with E-state index in [0.717, 1.165) is 0 Å². The molecule has 0 saturated carbocycles. The minimum Gasteiger partial charge on any atom is -0.509 e. The van der Waals surface area contributed by atoms with E-state index in [0.29, 0.717) is 0 Å². The summed E-state index contributed by atoms with van der Waals surface area (Å²) in [7, 11) is 0. The summed E-state index contributed by atoms with van der Waals surface area (Å²) < 4.78 is 15.1. The van der Waals surface area contributed by atoms with Crippen LogP contribution in [-0.2, 0) is 23.8 Å². The highest BCUT2D eigenvalue weighted by molar-refractivity contribution is 6.15. The van der Waals surface area contributed by atoms with E-state index in [1.807, 2.05) is 13.8 Å². The Morgan fingerprint density at radius 2 is 1.68 bits per heavy atom. The Balaban J connectivity index is 3.11. The maximum Gasteiger partial charge on any atom is 0.408 e. The third-order valence-corrected chi connectivity index (χ3v) is 3.07. The number of cyclic esters (lactones) is 2. The first-order valence-corrected chi connectivity index (χ1v) is 8.11. The third kappa shape index (κ3) is 6.28. The van der Waals surface area contributed by atoms with Gasteiger partial charge in [0.25, 0.3) is 5.79 Å². The van der Waals surface area contributed by atoms with Gasteiger partial charge in [-0.05, 0) is 33.1 Å². The van der Waals surface area contributed by atoms with Crippen molar-refractivity contribution in [2.75, 3.05) is 0 Å². The number of ether oxygens (including phenoxy) is 3. The topological polar surface area (TPSA) is 111 Å². The van der Waals surface area contributed by atoms with Crippen molar-refractivity contribution < 1.29 is 33.7 Å². The van der Waals surface area contributed by atoms with Gasteiger partial charge in [0.1, 0.15) is 11.4 Å². The number of hydrogen-bond donors (Lipinski definition) is 2. The molecule has 8 nitrogen and oxygen atoms in total. The quantitative estimate of drug-likeness (QED) is 0.344. The molecule has 1 aliphatic rings. The molecule has 25 heavy (non-hydrogen) atoms. The normalized spacial score (nSPS) is 18.3. The molecule has 0 spiro atoms. The van der Waals surface area contributed by atoms with Crippen molar-refractivity contribution in [1.29, 1.82) is 0 Å². The smallest absolute Gasteiger partial charge is 0.408 e. The second kappa shape index (κ2) is 7.33. The Morgan fingerprint density at radius 1 is 1.20 bits per heavy atom. The van der Waals surface area contributed by atoms with Crippen LogP contribution in [0.1, 0.15) is 54.9 Å². The summed E-state index contributed by atoms with van der Waals surface area (Å²) >= 11 is 0. The van der Waals surface area contributed by atoms with E-state index in [-0.39, 0.29) is 12.3 Å². The first-order chi connectivity index (χ1) is 11.2. The van der Waals surface area contributed by atoms with E-state index in [1.165, 1.54) is 13.8 Å². The molecule has 142 valence electrons. The highest BCUT2D eigenvalue weighted by atomic mass is 16.7. The van der Waals surface area contributed by atoms with Crippen LogP contribution >= 0.6 is 0 Å². The number of amides is 1. The Kier molecular flexibility index (Phi) is 6.09. The van der Waals surface area contributed by atoms with E-state index >= 15 is 0 Å². The summed E-state index contributed by atoms with van der Waals surface area (Å²) in [4.78, 5) is 36.2. The molecule has 1 aliphatic heterocycles. The zero-order valence-electron chi connectivity index (χ0n) is 15.8. The fourth-order valence-corrected chi connectivity index (χ4v) is 2.20. The lowest BCUT2D eigenvalue weighted by molar-refractivity contribution is -0.222. The van der Waals surface area contributed by atoms with Gasteiger partial charge < -0.3 is 24.6 Å². The average molecular weight is 357 g/mol. The highest BCUT2D eigenvalue weighted by Gasteiger charge is 2.42. The number of aliphatic hydroxyl groups excluding tert-OH is 1. The number of rotatable bonds is 4. The molecule has 0 aromatic carbocycles. The molecule has 2 N–H and O–H groups in total. The minimum absolute atomic E-state index is 0.0507. The third-order valence-electron chi connectivity index (χ3n) is 3.07. The summed E-state index contributed by atoms with van der Waals surface area (Å²) in [5.74, 6) is -3.97. The lowest BCUT2D eigenvalue weighted by Crippen LogP contribution is -2.46. The van der Waals surface area contributed by atoms with Gasteiger partial charge >= 0.3 is 18.0 Å². The first-order valence-electron chi connectivity index (χ1n) is 8.11. The largest absolute Gasteiger partial charge is 0.509 e. The average Bonchev–Trinajstić information content (AvgIpc) is 2.31. The summed E-state index contributed by atoms with van der Waals surface area (Å²) in [5.41, 5.74) is -1.36. The monoisotopic (exact) mass is 357 g/mol. The van der Waals surface area contributed by atoms with Crippen LogP contribution in [0, 0.1) is 5.92 Å². The van der Waals surface area contributed by atoms with Crippen molar-refractivity contribution in [2.45, 2.75) is 72.3 Å². The van der Waals surface area contributed by atoms with E-state index in [4.69, 9.17) is 14.2 Å². The van der Waals surface area contributed by atoms with Crippen LogP contribution < -0.4 is 5.32 Å². The molecule has 8 heteroatoms. The van der Waals surface area contributed by atoms with Crippen molar-refractivity contribution in [3.63, 3.8) is 0 Å². The van der Waals surface area contributed by atoms with E-state index in [2.05, 4.69) is 5.32 Å². The Bertz CT molecular complexity index is 562. The van der Waals surface area contributed by atoms with Gasteiger partial charge in [-0.15, -0.1) is 0 Å². The Morgan fingerprint density at radius 3 is 2.08 bits per heavy atom. The molecule has 1 fully saturated rings. The molecule has 1 heterocycles. The minimum atomic E-state index is -1.41. The van der Waals surface area contributed by atoms with E-state index in [9.17, 15) is 19.5 Å². The Labute approximate surface area is 147 Å². The number of nitrogens with one attached hydrogen (secondary N) is 1. The predicted octanol–water partition coefficient (Wildman–Crippen LogP) is 2.57. The molecule has 0 aromatic rings. The molecule has 0 aliphatic carbocycles. The fraction of sp³-hybridized carbons (Fsp3) is 0.706. The summed E-state index contributed by atoms with van der Waals surface area (Å²) in [6, 6.07) is -0.994. The number of alkyl carbamates (subject to hydrolysis) is 1. The zero-order chi connectivity index (χ0) is 19.6. The van der Waals surface area contributed by atoms with Crippen molar-refractivity contribution >= 4 is 18.0 Å². The maximum atomic E-state index is 12.1. The second-order valence-corrected chi connectivity index (χ2v) is 7.77. The van der Waals surface area contributed by atoms with Crippen LogP contribution in [0.5, 0.6) is 0 Å². The summed E-state index contributed by atoms with van der Waals surface area (Å²) in [6.07, 6.45) is -0.499. The van der Waals surface area contributed by atoms with Gasteiger partial charge in [0, 0.05) is 13.8 Å². The molecular formula is C17H27NO7. The van der Waals surface area contributed by atoms with Crippen LogP contribution in [0.3, 0.4) is 0 Å². The molecule has 0 bridgehead atoms. The van der Waals surface area contributed by atoms with Gasteiger partial charge in [-0.25, -0.2) is 14.4 Å². The highest BCUT2D eigenvalue weighted by Crippen LogP contribution is 2.26. The van der Waals surface area contributed by atoms with Crippen molar-refractivity contribution in [2.24, 2.45) is 5.92 Å². The van der Waals surface area contributed by atoms with Crippen LogP contribution in [0.2, 0.25) is 0 Å². The van der Waals surface area contributed by atoms with Crippen molar-refractivity contribution in [1.82, 2.24) is 5.32 Å². The van der Waals surface area contributed by atoms with E-state index < -0.39 is 46.8 Å². The molecule has 1 amide bonds. The van der Waals surface area contributed by atoms with Gasteiger partial charge in [0.2, 0.25) is 0 Å². The molecule has 0 aromatic heterocycles. The second-order valence-electron chi connectivity index (χ2n) is 7.77. The molecular weight excluding hydrogens is 330 g/mol. The van der Waals surface area contributed by atoms with Crippen LogP contribution in [0.4, 0.5) is 4.79 Å². The zero-order valence-corrected chi connectivity index (χ0v) is 15.8. The van der Waals surface area contributed by atoms with Gasteiger partial charge in [-0.2, -0.15) is 0 Å². The first kappa shape index (κ1) is 20.8. The molecule has 0 radical (unpaired) electrons. The molecule has 0 unspecified atom stereocenters. The van der Waals surface area contributed by atoms with Gasteiger partial charge in [-0.3, -0.25) is 0 Å². The number of esters is 2. The summed E-state index contributed by atoms with van der Waals surface area (Å²) in [5, 5.41) is 12.9. The lowest BCUT2D eigenvalue weighted by atomic mass is 9.99. The molecule has 1 rings (SSSR count). The predicted molar refractivity (Wildman–Crippen MR) is 88.5 cm³/mol. The SMILES string of the molecule is CC(C)C[C@H](NC(=O)OC(C)(C)C)C(O)=C1C(=O)OC(C)(C)OC1=O. The number of carbonyl (C=O) groups is 3. The van der Waals surface area contributed by atoms with Crippen LogP contribution in [0.15, 0.2) is 11.3 Å². The van der Waals surface area contributed by atoms with Crippen LogP contribution in [-0.4, -0.2) is 40.6 Å². The van der Waals surface area contributed by atoms with Gasteiger partial charge in [-0.1, -0.05) is 13.8 Å². The standard InChI is InChI=1S/C17H27NO7/c1-9(2)8-10(18-15(22)25-16(3,4)5)12(19)11-13(20)23-17(6,7)24-14(11)21/h9-10,19H,8H2,1-7H3,(H,18,22)/t10-/m0/s1. The Hall–Kier alpha value is -2.25. The van der Waals surface area contributed by atoms with Crippen molar-refractivity contribution in [3.05, 3.63) is 11.3 Å². The van der Waals surface area contributed by atoms with Gasteiger partial charge in [0.05, 0.1) is 6.04 Å². The number of hydrogen-bond acceptors (Lipinski definition) is 7. The van der Waals surface area contributed by atoms with Crippen molar-refractivity contribution in [3.8, 4) is 0 Å². The number of carbonyl (C=O) groups excluding carboxylic acids is 3. The van der Waals surface area contributed by atoms with Crippen LogP contribution in [0.25, 0.3) is 0 Å². The molecule has 1 saturated heterocycles. The summed E-state index contributed by atoms with van der Waals surface area (Å²) in [6.45, 7) is 11.6. The lowest BCUT2D eigenvalue weighted by Gasteiger charge is -2.31. The van der Waals surface area contributed by atoms with E-state index in [1.54, 1.807) is 20.8 Å².